The summed E-state index contributed by atoms with van der Waals surface area (Å²) in [6.07, 6.45) is 48.0. The van der Waals surface area contributed by atoms with Crippen molar-refractivity contribution in [3.8, 4) is 0 Å². The van der Waals surface area contributed by atoms with E-state index in [-0.39, 0.29) is 5.91 Å². The van der Waals surface area contributed by atoms with Crippen LogP contribution in [0.2, 0.25) is 0 Å². The molecule has 44 heavy (non-hydrogen) atoms. The molecule has 0 aliphatic carbocycles. The number of amides is 1. The first-order valence-corrected chi connectivity index (χ1v) is 19.8. The van der Waals surface area contributed by atoms with Crippen LogP contribution in [0.4, 0.5) is 0 Å². The van der Waals surface area contributed by atoms with Gasteiger partial charge in [0.1, 0.15) is 0 Å². The Hall–Kier alpha value is -1.10. The third-order valence-corrected chi connectivity index (χ3v) is 9.42. The van der Waals surface area contributed by atoms with Gasteiger partial charge < -0.3 is 5.11 Å². The lowest BCUT2D eigenvalue weighted by molar-refractivity contribution is -0.137. The third-order valence-electron chi connectivity index (χ3n) is 9.42. The Labute approximate surface area is 274 Å². The van der Waals surface area contributed by atoms with E-state index in [0.29, 0.717) is 12.8 Å². The standard InChI is InChI=1S/C39H77NO4/c41-38(40-44)36-34-32-30-28-26-24-22-20-18-16-14-12-10-8-6-4-2-1-3-5-7-9-11-13-15-17-19-21-23-25-27-29-31-33-35-37-39(42)43/h44H,1-37H2,(H,40,41)(H,42,43). The van der Waals surface area contributed by atoms with Crippen LogP contribution in [-0.4, -0.2) is 22.2 Å². The van der Waals surface area contributed by atoms with Gasteiger partial charge in [-0.05, 0) is 12.8 Å². The predicted molar refractivity (Wildman–Crippen MR) is 188 cm³/mol. The lowest BCUT2D eigenvalue weighted by Gasteiger charge is -2.05. The molecule has 0 aliphatic rings. The number of hydrogen-bond acceptors (Lipinski definition) is 3. The Bertz CT molecular complexity index is 582. The number of carbonyl (C=O) groups excluding carboxylic acids is 1. The van der Waals surface area contributed by atoms with E-state index in [1.807, 2.05) is 0 Å². The lowest BCUT2D eigenvalue weighted by Crippen LogP contribution is -2.17. The molecule has 0 aliphatic heterocycles. The number of hydrogen-bond donors (Lipinski definition) is 3. The lowest BCUT2D eigenvalue weighted by atomic mass is 10.0. The van der Waals surface area contributed by atoms with Crippen LogP contribution in [0.5, 0.6) is 0 Å². The van der Waals surface area contributed by atoms with Crippen molar-refractivity contribution in [1.82, 2.24) is 5.48 Å². The van der Waals surface area contributed by atoms with Crippen LogP contribution in [0.1, 0.15) is 238 Å². The minimum Gasteiger partial charge on any atom is -0.481 e. The fourth-order valence-corrected chi connectivity index (χ4v) is 6.45. The molecule has 0 radical (unpaired) electrons. The first-order valence-electron chi connectivity index (χ1n) is 19.8. The average molecular weight is 624 g/mol. The highest BCUT2D eigenvalue weighted by atomic mass is 16.5. The molecule has 0 aromatic carbocycles. The summed E-state index contributed by atoms with van der Waals surface area (Å²) < 4.78 is 0. The van der Waals surface area contributed by atoms with Gasteiger partial charge in [-0.3, -0.25) is 14.8 Å². The van der Waals surface area contributed by atoms with Gasteiger partial charge >= 0.3 is 5.97 Å². The molecule has 0 fully saturated rings. The highest BCUT2D eigenvalue weighted by Crippen LogP contribution is 2.17. The monoisotopic (exact) mass is 624 g/mol. The molecule has 0 heterocycles. The highest BCUT2D eigenvalue weighted by molar-refractivity contribution is 5.74. The zero-order valence-corrected chi connectivity index (χ0v) is 29.4. The van der Waals surface area contributed by atoms with E-state index in [0.717, 1.165) is 25.7 Å². The van der Waals surface area contributed by atoms with E-state index in [4.69, 9.17) is 10.3 Å². The molecule has 0 saturated carbocycles. The van der Waals surface area contributed by atoms with Crippen LogP contribution in [0, 0.1) is 0 Å². The number of unbranched alkanes of at least 4 members (excludes halogenated alkanes) is 34. The molecule has 0 atom stereocenters. The predicted octanol–water partition coefficient (Wildman–Crippen LogP) is 13.0. The zero-order chi connectivity index (χ0) is 32.0. The van der Waals surface area contributed by atoms with Gasteiger partial charge in [-0.2, -0.15) is 0 Å². The van der Waals surface area contributed by atoms with Crippen molar-refractivity contribution < 1.29 is 19.9 Å². The topological polar surface area (TPSA) is 86.6 Å². The van der Waals surface area contributed by atoms with Crippen molar-refractivity contribution in [3.63, 3.8) is 0 Å². The molecule has 0 unspecified atom stereocenters. The third kappa shape index (κ3) is 38.9. The summed E-state index contributed by atoms with van der Waals surface area (Å²) in [5.41, 5.74) is 1.70. The first kappa shape index (κ1) is 42.9. The van der Waals surface area contributed by atoms with Crippen molar-refractivity contribution in [2.45, 2.75) is 238 Å². The van der Waals surface area contributed by atoms with Crippen LogP contribution in [0.15, 0.2) is 0 Å². The highest BCUT2D eigenvalue weighted by Gasteiger charge is 2.00. The van der Waals surface area contributed by atoms with Gasteiger partial charge in [0.15, 0.2) is 0 Å². The van der Waals surface area contributed by atoms with Crippen molar-refractivity contribution in [3.05, 3.63) is 0 Å². The maximum absolute atomic E-state index is 10.9. The van der Waals surface area contributed by atoms with Crippen LogP contribution in [0.3, 0.4) is 0 Å². The molecular formula is C39H77NO4. The van der Waals surface area contributed by atoms with E-state index in [1.54, 1.807) is 5.48 Å². The summed E-state index contributed by atoms with van der Waals surface area (Å²) in [5.74, 6) is -0.913. The van der Waals surface area contributed by atoms with Gasteiger partial charge in [0, 0.05) is 12.8 Å². The van der Waals surface area contributed by atoms with Gasteiger partial charge in [0.05, 0.1) is 0 Å². The fourth-order valence-electron chi connectivity index (χ4n) is 6.45. The normalized spacial score (nSPS) is 11.3. The molecule has 0 bridgehead atoms. The Morgan fingerprint density at radius 2 is 0.455 bits per heavy atom. The molecular weight excluding hydrogens is 546 g/mol. The van der Waals surface area contributed by atoms with Crippen LogP contribution in [-0.2, 0) is 9.59 Å². The smallest absolute Gasteiger partial charge is 0.303 e. The Morgan fingerprint density at radius 1 is 0.295 bits per heavy atom. The summed E-state index contributed by atoms with van der Waals surface area (Å²) >= 11 is 0. The fraction of sp³-hybridized carbons (Fsp3) is 0.949. The number of hydroxylamine groups is 1. The molecule has 0 aromatic heterocycles. The number of rotatable bonds is 38. The van der Waals surface area contributed by atoms with Gasteiger partial charge in [-0.25, -0.2) is 5.48 Å². The van der Waals surface area contributed by atoms with Gasteiger partial charge in [0.25, 0.3) is 0 Å². The van der Waals surface area contributed by atoms with Gasteiger partial charge in [0.2, 0.25) is 5.91 Å². The first-order chi connectivity index (χ1) is 21.7. The minimum absolute atomic E-state index is 0.259. The minimum atomic E-state index is -0.653. The number of carboxylic acid groups (broad SMARTS) is 1. The summed E-state index contributed by atoms with van der Waals surface area (Å²) in [6, 6.07) is 0. The largest absolute Gasteiger partial charge is 0.481 e. The summed E-state index contributed by atoms with van der Waals surface area (Å²) in [5, 5.41) is 17.1. The molecule has 0 spiro atoms. The van der Waals surface area contributed by atoms with Gasteiger partial charge in [-0.15, -0.1) is 0 Å². The molecule has 5 heteroatoms. The van der Waals surface area contributed by atoms with Crippen LogP contribution >= 0.6 is 0 Å². The summed E-state index contributed by atoms with van der Waals surface area (Å²) in [6.45, 7) is 0. The van der Waals surface area contributed by atoms with Crippen molar-refractivity contribution in [2.75, 3.05) is 0 Å². The number of aliphatic carboxylic acids is 1. The zero-order valence-electron chi connectivity index (χ0n) is 29.4. The van der Waals surface area contributed by atoms with Crippen molar-refractivity contribution in [1.29, 1.82) is 0 Å². The average Bonchev–Trinajstić information content (AvgIpc) is 3.02. The molecule has 0 aromatic rings. The molecule has 262 valence electrons. The molecule has 5 nitrogen and oxygen atoms in total. The number of carbonyl (C=O) groups is 2. The van der Waals surface area contributed by atoms with E-state index < -0.39 is 5.97 Å². The van der Waals surface area contributed by atoms with Gasteiger partial charge in [-0.1, -0.05) is 212 Å². The quantitative estimate of drug-likeness (QED) is 0.0363. The van der Waals surface area contributed by atoms with Crippen LogP contribution in [0.25, 0.3) is 0 Å². The molecule has 0 saturated heterocycles. The van der Waals surface area contributed by atoms with E-state index in [2.05, 4.69) is 0 Å². The Morgan fingerprint density at radius 3 is 0.614 bits per heavy atom. The Balaban J connectivity index is 3.05. The molecule has 1 amide bonds. The maximum atomic E-state index is 10.9. The molecule has 0 rings (SSSR count). The van der Waals surface area contributed by atoms with E-state index in [1.165, 1.54) is 199 Å². The van der Waals surface area contributed by atoms with E-state index in [9.17, 15) is 9.59 Å². The summed E-state index contributed by atoms with van der Waals surface area (Å²) in [4.78, 5) is 21.4. The molecule has 3 N–H and O–H groups in total. The number of nitrogens with one attached hydrogen (secondary N) is 1. The SMILES string of the molecule is O=C(O)CCCCCCCCCCCCCCCCCCCCCCCCCCCCCCCCCCCCCC(=O)NO. The van der Waals surface area contributed by atoms with Crippen molar-refractivity contribution >= 4 is 11.9 Å². The van der Waals surface area contributed by atoms with Crippen LogP contribution < -0.4 is 5.48 Å². The maximum Gasteiger partial charge on any atom is 0.303 e. The summed E-state index contributed by atoms with van der Waals surface area (Å²) in [7, 11) is 0. The second-order valence-corrected chi connectivity index (χ2v) is 13.8. The Kier molecular flexibility index (Phi) is 37.1. The van der Waals surface area contributed by atoms with E-state index >= 15 is 0 Å². The number of carboxylic acids is 1. The second kappa shape index (κ2) is 38.1. The van der Waals surface area contributed by atoms with Crippen molar-refractivity contribution in [2.24, 2.45) is 0 Å². The second-order valence-electron chi connectivity index (χ2n) is 13.8.